The van der Waals surface area contributed by atoms with Crippen LogP contribution in [0.2, 0.25) is 5.02 Å². The van der Waals surface area contributed by atoms with Crippen molar-refractivity contribution in [1.82, 2.24) is 14.5 Å². The lowest BCUT2D eigenvalue weighted by atomic mass is 10.1. The number of alkyl halides is 1. The van der Waals surface area contributed by atoms with E-state index in [1.54, 1.807) is 30.1 Å². The Morgan fingerprint density at radius 2 is 2.12 bits per heavy atom. The first-order chi connectivity index (χ1) is 11.9. The minimum absolute atomic E-state index is 0.0236. The number of carbonyl (C=O) groups is 1. The van der Waals surface area contributed by atoms with Gasteiger partial charge in [0.15, 0.2) is 0 Å². The van der Waals surface area contributed by atoms with Gasteiger partial charge in [0, 0.05) is 30.9 Å². The van der Waals surface area contributed by atoms with Crippen molar-refractivity contribution < 1.29 is 4.79 Å². The smallest absolute Gasteiger partial charge is 0.261 e. The average Bonchev–Trinajstić information content (AvgIpc) is 2.59. The van der Waals surface area contributed by atoms with Crippen LogP contribution in [0.1, 0.15) is 45.0 Å². The molecular formula is C18H23Cl2N3O2. The number of fused-ring (bicyclic) bond motifs is 1. The van der Waals surface area contributed by atoms with Crippen molar-refractivity contribution >= 4 is 40.0 Å². The lowest BCUT2D eigenvalue weighted by Gasteiger charge is -2.29. The minimum Gasteiger partial charge on any atom is -0.333 e. The van der Waals surface area contributed by atoms with Gasteiger partial charge in [0.1, 0.15) is 5.82 Å². The Kier molecular flexibility index (Phi) is 6.85. The summed E-state index contributed by atoms with van der Waals surface area (Å²) in [5.41, 5.74) is 0.398. The molecule has 0 aliphatic heterocycles. The molecule has 0 fully saturated rings. The van der Waals surface area contributed by atoms with Crippen LogP contribution in [-0.2, 0) is 11.8 Å². The standard InChI is InChI=1S/C18H23Cl2N3O2/c1-4-10-23(16(24)6-5-9-19)12(2)17-21-15-11-13(20)7-8-14(15)18(25)22(17)3/h7-8,11-12H,4-6,9-10H2,1-3H3. The number of nitrogens with zero attached hydrogens (tertiary/aromatic N) is 3. The molecule has 1 atom stereocenters. The Labute approximate surface area is 157 Å². The van der Waals surface area contributed by atoms with Crippen molar-refractivity contribution in [1.29, 1.82) is 0 Å². The van der Waals surface area contributed by atoms with Crippen LogP contribution < -0.4 is 5.56 Å². The molecule has 2 aromatic rings. The summed E-state index contributed by atoms with van der Waals surface area (Å²) < 4.78 is 1.51. The highest BCUT2D eigenvalue weighted by molar-refractivity contribution is 6.31. The Morgan fingerprint density at radius 3 is 2.76 bits per heavy atom. The molecule has 25 heavy (non-hydrogen) atoms. The molecule has 2 rings (SSSR count). The van der Waals surface area contributed by atoms with Crippen LogP contribution in [0.15, 0.2) is 23.0 Å². The Balaban J connectivity index is 2.48. The maximum atomic E-state index is 12.6. The van der Waals surface area contributed by atoms with Gasteiger partial charge in [0.2, 0.25) is 5.91 Å². The van der Waals surface area contributed by atoms with Crippen molar-refractivity contribution in [2.75, 3.05) is 12.4 Å². The van der Waals surface area contributed by atoms with Gasteiger partial charge in [-0.1, -0.05) is 18.5 Å². The number of halogens is 2. The summed E-state index contributed by atoms with van der Waals surface area (Å²) >= 11 is 11.7. The molecule has 5 nitrogen and oxygen atoms in total. The van der Waals surface area contributed by atoms with Crippen LogP contribution in [-0.4, -0.2) is 32.8 Å². The molecule has 0 aliphatic carbocycles. The van der Waals surface area contributed by atoms with E-state index in [-0.39, 0.29) is 17.5 Å². The first kappa shape index (κ1) is 19.7. The SMILES string of the molecule is CCCN(C(=O)CCCCl)C(C)c1nc2cc(Cl)ccc2c(=O)n1C. The quantitative estimate of drug-likeness (QED) is 0.681. The van der Waals surface area contributed by atoms with Gasteiger partial charge in [-0.3, -0.25) is 14.2 Å². The van der Waals surface area contributed by atoms with E-state index in [0.29, 0.717) is 47.0 Å². The van der Waals surface area contributed by atoms with E-state index >= 15 is 0 Å². The van der Waals surface area contributed by atoms with E-state index in [1.807, 2.05) is 13.8 Å². The average molecular weight is 384 g/mol. The number of benzene rings is 1. The summed E-state index contributed by atoms with van der Waals surface area (Å²) in [4.78, 5) is 31.6. The fraction of sp³-hybridized carbons (Fsp3) is 0.500. The van der Waals surface area contributed by atoms with Crippen molar-refractivity contribution in [2.45, 2.75) is 39.2 Å². The topological polar surface area (TPSA) is 55.2 Å². The first-order valence-electron chi connectivity index (χ1n) is 8.42. The molecule has 7 heteroatoms. The molecular weight excluding hydrogens is 361 g/mol. The van der Waals surface area contributed by atoms with Crippen molar-refractivity contribution in [3.63, 3.8) is 0 Å². The largest absolute Gasteiger partial charge is 0.333 e. The summed E-state index contributed by atoms with van der Waals surface area (Å²) in [6.07, 6.45) is 1.85. The second-order valence-corrected chi connectivity index (χ2v) is 6.87. The fourth-order valence-corrected chi connectivity index (χ4v) is 3.21. The van der Waals surface area contributed by atoms with Crippen LogP contribution >= 0.6 is 23.2 Å². The summed E-state index contributed by atoms with van der Waals surface area (Å²) in [6.45, 7) is 4.51. The molecule has 1 heterocycles. The third-order valence-corrected chi connectivity index (χ3v) is 4.73. The molecule has 0 N–H and O–H groups in total. The highest BCUT2D eigenvalue weighted by Crippen LogP contribution is 2.22. The van der Waals surface area contributed by atoms with Gasteiger partial charge in [-0.25, -0.2) is 4.98 Å². The van der Waals surface area contributed by atoms with Crippen molar-refractivity contribution in [3.8, 4) is 0 Å². The fourth-order valence-electron chi connectivity index (χ4n) is 2.91. The van der Waals surface area contributed by atoms with Crippen LogP contribution in [0.5, 0.6) is 0 Å². The number of carbonyl (C=O) groups excluding carboxylic acids is 1. The van der Waals surface area contributed by atoms with Gasteiger partial charge in [0.05, 0.1) is 16.9 Å². The second kappa shape index (κ2) is 8.68. The number of amides is 1. The summed E-state index contributed by atoms with van der Waals surface area (Å²) in [6, 6.07) is 4.71. The molecule has 0 saturated heterocycles. The molecule has 1 aromatic heterocycles. The van der Waals surface area contributed by atoms with Gasteiger partial charge in [-0.15, -0.1) is 11.6 Å². The Morgan fingerprint density at radius 1 is 1.40 bits per heavy atom. The Bertz CT molecular complexity index is 820. The van der Waals surface area contributed by atoms with E-state index in [2.05, 4.69) is 4.98 Å². The monoisotopic (exact) mass is 383 g/mol. The summed E-state index contributed by atoms with van der Waals surface area (Å²) in [5.74, 6) is 1.02. The molecule has 1 unspecified atom stereocenters. The molecule has 0 aliphatic rings. The van der Waals surface area contributed by atoms with Gasteiger partial charge >= 0.3 is 0 Å². The maximum Gasteiger partial charge on any atom is 0.261 e. The van der Waals surface area contributed by atoms with E-state index < -0.39 is 0 Å². The van der Waals surface area contributed by atoms with E-state index in [9.17, 15) is 9.59 Å². The highest BCUT2D eigenvalue weighted by atomic mass is 35.5. The van der Waals surface area contributed by atoms with Crippen LogP contribution in [0.25, 0.3) is 10.9 Å². The van der Waals surface area contributed by atoms with Gasteiger partial charge in [-0.2, -0.15) is 0 Å². The van der Waals surface area contributed by atoms with Gasteiger partial charge in [0.25, 0.3) is 5.56 Å². The number of rotatable bonds is 7. The predicted molar refractivity (Wildman–Crippen MR) is 102 cm³/mol. The summed E-state index contributed by atoms with van der Waals surface area (Å²) in [7, 11) is 1.68. The normalized spacial score (nSPS) is 12.4. The van der Waals surface area contributed by atoms with Crippen molar-refractivity contribution in [2.24, 2.45) is 7.05 Å². The lowest BCUT2D eigenvalue weighted by molar-refractivity contribution is -0.133. The van der Waals surface area contributed by atoms with E-state index in [4.69, 9.17) is 23.2 Å². The molecule has 0 saturated carbocycles. The van der Waals surface area contributed by atoms with E-state index in [0.717, 1.165) is 6.42 Å². The number of hydrogen-bond acceptors (Lipinski definition) is 3. The number of aromatic nitrogens is 2. The molecule has 0 spiro atoms. The Hall–Kier alpha value is -1.59. The predicted octanol–water partition coefficient (Wildman–Crippen LogP) is 3.91. The zero-order valence-corrected chi connectivity index (χ0v) is 16.3. The minimum atomic E-state index is -0.316. The van der Waals surface area contributed by atoms with Crippen LogP contribution in [0, 0.1) is 0 Å². The molecule has 1 amide bonds. The zero-order chi connectivity index (χ0) is 18.6. The van der Waals surface area contributed by atoms with Crippen LogP contribution in [0.3, 0.4) is 0 Å². The third-order valence-electron chi connectivity index (χ3n) is 4.22. The summed E-state index contributed by atoms with van der Waals surface area (Å²) in [5, 5.41) is 1.04. The first-order valence-corrected chi connectivity index (χ1v) is 9.33. The molecule has 1 aromatic carbocycles. The third kappa shape index (κ3) is 4.33. The van der Waals surface area contributed by atoms with Crippen molar-refractivity contribution in [3.05, 3.63) is 39.4 Å². The second-order valence-electron chi connectivity index (χ2n) is 6.05. The maximum absolute atomic E-state index is 12.6. The van der Waals surface area contributed by atoms with Crippen LogP contribution in [0.4, 0.5) is 0 Å². The van der Waals surface area contributed by atoms with Gasteiger partial charge in [-0.05, 0) is 38.0 Å². The highest BCUT2D eigenvalue weighted by Gasteiger charge is 2.24. The zero-order valence-electron chi connectivity index (χ0n) is 14.8. The number of hydrogen-bond donors (Lipinski definition) is 0. The lowest BCUT2D eigenvalue weighted by Crippen LogP contribution is -2.37. The van der Waals surface area contributed by atoms with E-state index in [1.165, 1.54) is 4.57 Å². The van der Waals surface area contributed by atoms with Gasteiger partial charge < -0.3 is 4.90 Å². The molecule has 136 valence electrons. The molecule has 0 radical (unpaired) electrons. The molecule has 0 bridgehead atoms.